The lowest BCUT2D eigenvalue weighted by atomic mass is 10.2. The van der Waals surface area contributed by atoms with Crippen molar-refractivity contribution in [3.05, 3.63) is 42.0 Å². The molecule has 112 valence electrons. The quantitative estimate of drug-likeness (QED) is 0.588. The van der Waals surface area contributed by atoms with E-state index in [1.165, 1.54) is 12.1 Å². The molecule has 0 aliphatic carbocycles. The Morgan fingerprint density at radius 2 is 1.90 bits per heavy atom. The number of alkyl halides is 3. The summed E-state index contributed by atoms with van der Waals surface area (Å²) in [6.07, 6.45) is -4.65. The van der Waals surface area contributed by atoms with Crippen molar-refractivity contribution in [2.75, 3.05) is 19.8 Å². The Labute approximate surface area is 116 Å². The number of hydrogen-bond acceptors (Lipinski definition) is 3. The minimum atomic E-state index is -4.65. The van der Waals surface area contributed by atoms with Gasteiger partial charge >= 0.3 is 6.36 Å². The van der Waals surface area contributed by atoms with Crippen molar-refractivity contribution in [1.29, 1.82) is 0 Å². The first-order valence-electron chi connectivity index (χ1n) is 6.14. The van der Waals surface area contributed by atoms with Gasteiger partial charge < -0.3 is 14.8 Å². The Kier molecular flexibility index (Phi) is 6.54. The highest BCUT2D eigenvalue weighted by atomic mass is 19.4. The van der Waals surface area contributed by atoms with Crippen LogP contribution in [0.1, 0.15) is 12.5 Å². The van der Waals surface area contributed by atoms with Gasteiger partial charge in [-0.3, -0.25) is 0 Å². The number of benzene rings is 1. The molecular weight excluding hydrogens is 271 g/mol. The zero-order valence-corrected chi connectivity index (χ0v) is 11.3. The molecular formula is C14H18F3NO2. The van der Waals surface area contributed by atoms with Gasteiger partial charge in [0.25, 0.3) is 0 Å². The molecule has 6 heteroatoms. The Balaban J connectivity index is 2.23. The molecule has 0 spiro atoms. The lowest BCUT2D eigenvalue weighted by Crippen LogP contribution is -2.20. The third-order valence-corrected chi connectivity index (χ3v) is 2.26. The minimum Gasteiger partial charge on any atom is -0.406 e. The van der Waals surface area contributed by atoms with E-state index in [9.17, 15) is 13.2 Å². The predicted molar refractivity (Wildman–Crippen MR) is 70.5 cm³/mol. The Morgan fingerprint density at radius 3 is 2.45 bits per heavy atom. The number of ether oxygens (including phenoxy) is 2. The zero-order chi connectivity index (χ0) is 15.0. The van der Waals surface area contributed by atoms with Gasteiger partial charge in [-0.25, -0.2) is 0 Å². The second kappa shape index (κ2) is 7.91. The first-order chi connectivity index (χ1) is 9.37. The fourth-order valence-electron chi connectivity index (χ4n) is 1.43. The van der Waals surface area contributed by atoms with Crippen LogP contribution in [0.3, 0.4) is 0 Å². The molecule has 0 aromatic heterocycles. The first-order valence-corrected chi connectivity index (χ1v) is 6.14. The van der Waals surface area contributed by atoms with E-state index >= 15 is 0 Å². The second-order valence-electron chi connectivity index (χ2n) is 4.38. The average Bonchev–Trinajstić information content (AvgIpc) is 2.33. The molecule has 1 aromatic carbocycles. The van der Waals surface area contributed by atoms with E-state index in [1.807, 2.05) is 6.92 Å². The summed E-state index contributed by atoms with van der Waals surface area (Å²) in [6, 6.07) is 5.76. The normalized spacial score (nSPS) is 11.4. The van der Waals surface area contributed by atoms with Crippen LogP contribution in [0.2, 0.25) is 0 Å². The summed E-state index contributed by atoms with van der Waals surface area (Å²) in [5.41, 5.74) is 1.84. The van der Waals surface area contributed by atoms with Crippen LogP contribution in [-0.2, 0) is 11.3 Å². The maximum absolute atomic E-state index is 12.0. The molecule has 0 aliphatic rings. The van der Waals surface area contributed by atoms with Crippen LogP contribution in [-0.4, -0.2) is 26.1 Å². The van der Waals surface area contributed by atoms with E-state index in [4.69, 9.17) is 4.74 Å². The van der Waals surface area contributed by atoms with Gasteiger partial charge in [0.1, 0.15) is 5.75 Å². The number of rotatable bonds is 8. The van der Waals surface area contributed by atoms with Crippen LogP contribution in [0, 0.1) is 0 Å². The van der Waals surface area contributed by atoms with Gasteiger partial charge in [-0.1, -0.05) is 24.3 Å². The third-order valence-electron chi connectivity index (χ3n) is 2.26. The monoisotopic (exact) mass is 289 g/mol. The zero-order valence-electron chi connectivity index (χ0n) is 11.3. The van der Waals surface area contributed by atoms with Gasteiger partial charge in [-0.15, -0.1) is 13.2 Å². The van der Waals surface area contributed by atoms with Crippen LogP contribution in [0.4, 0.5) is 13.2 Å². The first kappa shape index (κ1) is 16.5. The predicted octanol–water partition coefficient (Wildman–Crippen LogP) is 3.27. The van der Waals surface area contributed by atoms with Gasteiger partial charge in [-0.05, 0) is 24.6 Å². The molecule has 0 aliphatic heterocycles. The molecule has 0 fully saturated rings. The number of hydrogen-bond donors (Lipinski definition) is 1. The molecule has 0 amide bonds. The maximum atomic E-state index is 12.0. The summed E-state index contributed by atoms with van der Waals surface area (Å²) in [5, 5.41) is 3.13. The maximum Gasteiger partial charge on any atom is 0.573 e. The fourth-order valence-corrected chi connectivity index (χ4v) is 1.43. The van der Waals surface area contributed by atoms with E-state index in [1.54, 1.807) is 12.1 Å². The Morgan fingerprint density at radius 1 is 1.25 bits per heavy atom. The molecule has 0 saturated heterocycles. The van der Waals surface area contributed by atoms with Gasteiger partial charge in [0.15, 0.2) is 0 Å². The van der Waals surface area contributed by atoms with Crippen molar-refractivity contribution in [3.8, 4) is 5.75 Å². The van der Waals surface area contributed by atoms with Crippen molar-refractivity contribution >= 4 is 0 Å². The SMILES string of the molecule is C=C(C)COCCNCc1ccc(OC(F)(F)F)cc1. The van der Waals surface area contributed by atoms with Gasteiger partial charge in [0, 0.05) is 13.1 Å². The molecule has 0 saturated carbocycles. The van der Waals surface area contributed by atoms with Crippen molar-refractivity contribution in [2.45, 2.75) is 19.8 Å². The number of halogens is 3. The molecule has 0 heterocycles. The molecule has 3 nitrogen and oxygen atoms in total. The van der Waals surface area contributed by atoms with E-state index in [2.05, 4.69) is 16.6 Å². The van der Waals surface area contributed by atoms with Crippen LogP contribution < -0.4 is 10.1 Å². The Bertz CT molecular complexity index is 415. The molecule has 1 aromatic rings. The van der Waals surface area contributed by atoms with E-state index < -0.39 is 6.36 Å². The van der Waals surface area contributed by atoms with E-state index in [-0.39, 0.29) is 5.75 Å². The molecule has 1 rings (SSSR count). The average molecular weight is 289 g/mol. The van der Waals surface area contributed by atoms with Crippen molar-refractivity contribution in [3.63, 3.8) is 0 Å². The van der Waals surface area contributed by atoms with Crippen LogP contribution in [0.25, 0.3) is 0 Å². The minimum absolute atomic E-state index is 0.217. The van der Waals surface area contributed by atoms with Gasteiger partial charge in [-0.2, -0.15) is 0 Å². The highest BCUT2D eigenvalue weighted by Gasteiger charge is 2.30. The van der Waals surface area contributed by atoms with Gasteiger partial charge in [0.05, 0.1) is 13.2 Å². The highest BCUT2D eigenvalue weighted by Crippen LogP contribution is 2.22. The standard InChI is InChI=1S/C14H18F3NO2/c1-11(2)10-19-8-7-18-9-12-3-5-13(6-4-12)20-14(15,16)17/h3-6,18H,1,7-10H2,2H3. The second-order valence-corrected chi connectivity index (χ2v) is 4.38. The van der Waals surface area contributed by atoms with E-state index in [0.717, 1.165) is 11.1 Å². The fraction of sp³-hybridized carbons (Fsp3) is 0.429. The third kappa shape index (κ3) is 7.81. The lowest BCUT2D eigenvalue weighted by molar-refractivity contribution is -0.274. The Hall–Kier alpha value is -1.53. The summed E-state index contributed by atoms with van der Waals surface area (Å²) in [4.78, 5) is 0. The summed E-state index contributed by atoms with van der Waals surface area (Å²) in [7, 11) is 0. The smallest absolute Gasteiger partial charge is 0.406 e. The topological polar surface area (TPSA) is 30.5 Å². The molecule has 20 heavy (non-hydrogen) atoms. The van der Waals surface area contributed by atoms with Crippen molar-refractivity contribution in [1.82, 2.24) is 5.32 Å². The molecule has 1 N–H and O–H groups in total. The van der Waals surface area contributed by atoms with Crippen molar-refractivity contribution < 1.29 is 22.6 Å². The van der Waals surface area contributed by atoms with Crippen molar-refractivity contribution in [2.24, 2.45) is 0 Å². The largest absolute Gasteiger partial charge is 0.573 e. The summed E-state index contributed by atoms with van der Waals surface area (Å²) in [6.45, 7) is 7.91. The lowest BCUT2D eigenvalue weighted by Gasteiger charge is -2.10. The molecule has 0 bridgehead atoms. The molecule has 0 radical (unpaired) electrons. The molecule has 0 atom stereocenters. The molecule has 0 unspecified atom stereocenters. The van der Waals surface area contributed by atoms with Crippen LogP contribution in [0.5, 0.6) is 5.75 Å². The van der Waals surface area contributed by atoms with Crippen LogP contribution in [0.15, 0.2) is 36.4 Å². The van der Waals surface area contributed by atoms with Crippen LogP contribution >= 0.6 is 0 Å². The highest BCUT2D eigenvalue weighted by molar-refractivity contribution is 5.27. The summed E-state index contributed by atoms with van der Waals surface area (Å²) >= 11 is 0. The number of nitrogens with one attached hydrogen (secondary N) is 1. The van der Waals surface area contributed by atoms with Gasteiger partial charge in [0.2, 0.25) is 0 Å². The van der Waals surface area contributed by atoms with E-state index in [0.29, 0.717) is 26.3 Å². The summed E-state index contributed by atoms with van der Waals surface area (Å²) in [5.74, 6) is -0.217. The summed E-state index contributed by atoms with van der Waals surface area (Å²) < 4.78 is 45.0.